The summed E-state index contributed by atoms with van der Waals surface area (Å²) in [6, 6.07) is 4.05. The summed E-state index contributed by atoms with van der Waals surface area (Å²) in [5, 5.41) is 0. The van der Waals surface area contributed by atoms with Crippen LogP contribution in [0.4, 0.5) is 0 Å². The summed E-state index contributed by atoms with van der Waals surface area (Å²) in [7, 11) is 0. The normalized spacial score (nSPS) is 10.9. The number of benzene rings is 1. The van der Waals surface area contributed by atoms with Crippen molar-refractivity contribution in [1.29, 1.82) is 0 Å². The Balaban J connectivity index is 3.32. The minimum atomic E-state index is 0.103. The first-order valence-corrected chi connectivity index (χ1v) is 4.81. The highest BCUT2D eigenvalue weighted by Crippen LogP contribution is 2.18. The number of carbonyl (C=O) groups is 1. The van der Waals surface area contributed by atoms with E-state index in [1.54, 1.807) is 12.2 Å². The molecule has 0 bridgehead atoms. The van der Waals surface area contributed by atoms with E-state index in [-0.39, 0.29) is 5.78 Å². The van der Waals surface area contributed by atoms with E-state index in [1.165, 1.54) is 5.56 Å². The van der Waals surface area contributed by atoms with Crippen LogP contribution in [-0.2, 0) is 0 Å². The highest BCUT2D eigenvalue weighted by atomic mass is 16.1. The predicted octanol–water partition coefficient (Wildman–Crippen LogP) is 3.37. The van der Waals surface area contributed by atoms with Gasteiger partial charge in [-0.05, 0) is 50.5 Å². The Kier molecular flexibility index (Phi) is 3.23. The van der Waals surface area contributed by atoms with Gasteiger partial charge in [-0.1, -0.05) is 18.2 Å². The minimum Gasteiger partial charge on any atom is -0.289 e. The molecule has 0 heterocycles. The zero-order chi connectivity index (χ0) is 10.7. The number of hydrogen-bond acceptors (Lipinski definition) is 1. The van der Waals surface area contributed by atoms with Crippen LogP contribution in [0.25, 0.3) is 0 Å². The fraction of sp³-hybridized carbons (Fsp3) is 0.308. The van der Waals surface area contributed by atoms with E-state index >= 15 is 0 Å². The van der Waals surface area contributed by atoms with Crippen molar-refractivity contribution in [3.63, 3.8) is 0 Å². The van der Waals surface area contributed by atoms with Gasteiger partial charge in [-0.3, -0.25) is 4.79 Å². The van der Waals surface area contributed by atoms with E-state index in [0.29, 0.717) is 0 Å². The molecule has 1 nitrogen and oxygen atoms in total. The van der Waals surface area contributed by atoms with Gasteiger partial charge in [0.1, 0.15) is 0 Å². The van der Waals surface area contributed by atoms with Crippen molar-refractivity contribution in [2.75, 3.05) is 0 Å². The van der Waals surface area contributed by atoms with Crippen molar-refractivity contribution in [3.05, 3.63) is 46.5 Å². The van der Waals surface area contributed by atoms with Gasteiger partial charge >= 0.3 is 0 Å². The maximum atomic E-state index is 11.8. The number of rotatable bonds is 2. The van der Waals surface area contributed by atoms with Gasteiger partial charge < -0.3 is 0 Å². The van der Waals surface area contributed by atoms with Gasteiger partial charge in [0.05, 0.1) is 0 Å². The van der Waals surface area contributed by atoms with Crippen molar-refractivity contribution in [2.24, 2.45) is 0 Å². The SMILES string of the molecule is C/C=C/C(=O)c1c(C)ccc(C)c1C. The molecule has 0 aromatic heterocycles. The Morgan fingerprint density at radius 1 is 1.14 bits per heavy atom. The highest BCUT2D eigenvalue weighted by Gasteiger charge is 2.10. The molecule has 0 amide bonds. The molecule has 14 heavy (non-hydrogen) atoms. The summed E-state index contributed by atoms with van der Waals surface area (Å²) in [5.41, 5.74) is 4.16. The lowest BCUT2D eigenvalue weighted by Crippen LogP contribution is -2.02. The molecular formula is C13H16O. The summed E-state index contributed by atoms with van der Waals surface area (Å²) < 4.78 is 0. The third-order valence-corrected chi connectivity index (χ3v) is 2.51. The molecule has 0 N–H and O–H groups in total. The van der Waals surface area contributed by atoms with E-state index in [9.17, 15) is 4.79 Å². The maximum absolute atomic E-state index is 11.8. The lowest BCUT2D eigenvalue weighted by molar-refractivity contribution is 0.104. The van der Waals surface area contributed by atoms with Crippen LogP contribution in [-0.4, -0.2) is 5.78 Å². The monoisotopic (exact) mass is 188 g/mol. The lowest BCUT2D eigenvalue weighted by atomic mass is 9.95. The molecule has 0 aliphatic heterocycles. The van der Waals surface area contributed by atoms with Gasteiger partial charge in [0, 0.05) is 5.56 Å². The molecule has 0 aliphatic carbocycles. The molecule has 1 heteroatoms. The van der Waals surface area contributed by atoms with Crippen LogP contribution in [0.2, 0.25) is 0 Å². The number of ketones is 1. The largest absolute Gasteiger partial charge is 0.289 e. The first-order valence-electron chi connectivity index (χ1n) is 4.81. The molecule has 0 atom stereocenters. The molecule has 1 rings (SSSR count). The number of allylic oxidation sites excluding steroid dienone is 2. The first-order chi connectivity index (χ1) is 6.57. The van der Waals surface area contributed by atoms with E-state index in [4.69, 9.17) is 0 Å². The maximum Gasteiger partial charge on any atom is 0.186 e. The molecule has 0 fully saturated rings. The van der Waals surface area contributed by atoms with Crippen molar-refractivity contribution in [3.8, 4) is 0 Å². The van der Waals surface area contributed by atoms with Crippen molar-refractivity contribution in [1.82, 2.24) is 0 Å². The molecule has 0 aliphatic rings. The third kappa shape index (κ3) is 1.92. The molecule has 74 valence electrons. The zero-order valence-electron chi connectivity index (χ0n) is 9.22. The Hall–Kier alpha value is -1.37. The van der Waals surface area contributed by atoms with Crippen molar-refractivity contribution < 1.29 is 4.79 Å². The summed E-state index contributed by atoms with van der Waals surface area (Å²) in [5.74, 6) is 0.103. The minimum absolute atomic E-state index is 0.103. The average Bonchev–Trinajstić information content (AvgIpc) is 2.13. The van der Waals surface area contributed by atoms with Crippen molar-refractivity contribution in [2.45, 2.75) is 27.7 Å². The number of aryl methyl sites for hydroxylation is 2. The summed E-state index contributed by atoms with van der Waals surface area (Å²) in [4.78, 5) is 11.8. The van der Waals surface area contributed by atoms with Gasteiger partial charge in [-0.25, -0.2) is 0 Å². The van der Waals surface area contributed by atoms with E-state index < -0.39 is 0 Å². The van der Waals surface area contributed by atoms with Gasteiger partial charge in [0.25, 0.3) is 0 Å². The van der Waals surface area contributed by atoms with Crippen LogP contribution in [0.1, 0.15) is 34.0 Å². The topological polar surface area (TPSA) is 17.1 Å². The summed E-state index contributed by atoms with van der Waals surface area (Å²) >= 11 is 0. The molecule has 0 radical (unpaired) electrons. The fourth-order valence-corrected chi connectivity index (χ4v) is 1.57. The zero-order valence-corrected chi connectivity index (χ0v) is 9.22. The van der Waals surface area contributed by atoms with Crippen LogP contribution >= 0.6 is 0 Å². The average molecular weight is 188 g/mol. The summed E-state index contributed by atoms with van der Waals surface area (Å²) in [6.07, 6.45) is 3.40. The van der Waals surface area contributed by atoms with Gasteiger partial charge in [0.2, 0.25) is 0 Å². The Morgan fingerprint density at radius 2 is 1.71 bits per heavy atom. The molecule has 0 saturated carbocycles. The number of carbonyl (C=O) groups excluding carboxylic acids is 1. The van der Waals surface area contributed by atoms with E-state index in [0.717, 1.165) is 16.7 Å². The molecule has 1 aromatic carbocycles. The van der Waals surface area contributed by atoms with Gasteiger partial charge in [-0.2, -0.15) is 0 Å². The third-order valence-electron chi connectivity index (χ3n) is 2.51. The Labute approximate surface area is 85.5 Å². The van der Waals surface area contributed by atoms with Crippen molar-refractivity contribution >= 4 is 5.78 Å². The fourth-order valence-electron chi connectivity index (χ4n) is 1.57. The highest BCUT2D eigenvalue weighted by molar-refractivity contribution is 6.06. The second kappa shape index (κ2) is 4.23. The molecular weight excluding hydrogens is 172 g/mol. The quantitative estimate of drug-likeness (QED) is 0.513. The van der Waals surface area contributed by atoms with Crippen LogP contribution < -0.4 is 0 Å². The van der Waals surface area contributed by atoms with Crippen LogP contribution in [0.15, 0.2) is 24.3 Å². The van der Waals surface area contributed by atoms with E-state index in [2.05, 4.69) is 6.07 Å². The Morgan fingerprint density at radius 3 is 2.29 bits per heavy atom. The molecule has 0 spiro atoms. The second-order valence-electron chi connectivity index (χ2n) is 3.56. The van der Waals surface area contributed by atoms with Crippen LogP contribution in [0, 0.1) is 20.8 Å². The number of hydrogen-bond donors (Lipinski definition) is 0. The first kappa shape index (κ1) is 10.7. The van der Waals surface area contributed by atoms with Gasteiger partial charge in [-0.15, -0.1) is 0 Å². The van der Waals surface area contributed by atoms with Crippen LogP contribution in [0.3, 0.4) is 0 Å². The predicted molar refractivity (Wildman–Crippen MR) is 59.8 cm³/mol. The lowest BCUT2D eigenvalue weighted by Gasteiger charge is -2.08. The molecule has 0 unspecified atom stereocenters. The smallest absolute Gasteiger partial charge is 0.186 e. The molecule has 0 saturated heterocycles. The standard InChI is InChI=1S/C13H16O/c1-5-6-12(14)13-10(3)8-7-9(2)11(13)4/h5-8H,1-4H3/b6-5+. The van der Waals surface area contributed by atoms with Crippen LogP contribution in [0.5, 0.6) is 0 Å². The van der Waals surface area contributed by atoms with Gasteiger partial charge in [0.15, 0.2) is 5.78 Å². The van der Waals surface area contributed by atoms with E-state index in [1.807, 2.05) is 33.8 Å². The summed E-state index contributed by atoms with van der Waals surface area (Å²) in [6.45, 7) is 7.86. The second-order valence-corrected chi connectivity index (χ2v) is 3.56. The Bertz CT molecular complexity index is 386. The molecule has 1 aromatic rings.